The summed E-state index contributed by atoms with van der Waals surface area (Å²) in [5, 5.41) is 0. The van der Waals surface area contributed by atoms with Gasteiger partial charge in [-0.05, 0) is 33.2 Å². The monoisotopic (exact) mass is 257 g/mol. The molecule has 3 rings (SSSR count). The van der Waals surface area contributed by atoms with E-state index >= 15 is 0 Å². The van der Waals surface area contributed by atoms with Gasteiger partial charge in [0.15, 0.2) is 0 Å². The lowest BCUT2D eigenvalue weighted by Gasteiger charge is -2.23. The van der Waals surface area contributed by atoms with Crippen molar-refractivity contribution in [1.82, 2.24) is 24.8 Å². The van der Waals surface area contributed by atoms with Crippen molar-refractivity contribution in [3.63, 3.8) is 0 Å². The predicted octanol–water partition coefficient (Wildman–Crippen LogP) is 2.15. The average Bonchev–Trinajstić information content (AvgIpc) is 3.00. The van der Waals surface area contributed by atoms with E-state index < -0.39 is 0 Å². The van der Waals surface area contributed by atoms with E-state index in [1.165, 1.54) is 6.42 Å². The van der Waals surface area contributed by atoms with E-state index in [4.69, 9.17) is 0 Å². The summed E-state index contributed by atoms with van der Waals surface area (Å²) >= 11 is 0. The lowest BCUT2D eigenvalue weighted by atomic mass is 10.1. The standard InChI is InChI=1S/C14H19N5/c1-10-6-15-7-12(18-10)14-4-3-5-19(14)8-13-11(2)16-9-17-13/h6-7,9,14H,3-5,8H2,1-2H3,(H,16,17)/t14-/m1/s1. The van der Waals surface area contributed by atoms with E-state index in [9.17, 15) is 0 Å². The van der Waals surface area contributed by atoms with Crippen LogP contribution in [0.15, 0.2) is 18.7 Å². The van der Waals surface area contributed by atoms with Crippen molar-refractivity contribution in [3.8, 4) is 0 Å². The Balaban J connectivity index is 1.80. The maximum atomic E-state index is 4.62. The van der Waals surface area contributed by atoms with E-state index in [2.05, 4.69) is 31.8 Å². The molecule has 1 aliphatic rings. The van der Waals surface area contributed by atoms with Crippen LogP contribution in [-0.2, 0) is 6.54 Å². The van der Waals surface area contributed by atoms with Gasteiger partial charge in [-0.1, -0.05) is 0 Å². The molecule has 2 aromatic heterocycles. The first-order chi connectivity index (χ1) is 9.24. The summed E-state index contributed by atoms with van der Waals surface area (Å²) in [7, 11) is 0. The van der Waals surface area contributed by atoms with Crippen LogP contribution in [0.25, 0.3) is 0 Å². The fourth-order valence-electron chi connectivity index (χ4n) is 2.73. The van der Waals surface area contributed by atoms with Crippen molar-refractivity contribution in [2.45, 2.75) is 39.3 Å². The van der Waals surface area contributed by atoms with E-state index in [0.29, 0.717) is 6.04 Å². The molecular weight excluding hydrogens is 238 g/mol. The molecular formula is C14H19N5. The Morgan fingerprint density at radius 3 is 3.00 bits per heavy atom. The number of aromatic amines is 1. The normalized spacial score (nSPS) is 20.0. The number of rotatable bonds is 3. The van der Waals surface area contributed by atoms with Crippen LogP contribution in [0.4, 0.5) is 0 Å². The molecule has 0 bridgehead atoms. The van der Waals surface area contributed by atoms with Crippen LogP contribution in [-0.4, -0.2) is 31.4 Å². The quantitative estimate of drug-likeness (QED) is 0.915. The van der Waals surface area contributed by atoms with E-state index in [-0.39, 0.29) is 0 Å². The Kier molecular flexibility index (Phi) is 3.29. The van der Waals surface area contributed by atoms with Crippen LogP contribution >= 0.6 is 0 Å². The van der Waals surface area contributed by atoms with Crippen LogP contribution in [0.3, 0.4) is 0 Å². The molecule has 1 fully saturated rings. The molecule has 2 aromatic rings. The summed E-state index contributed by atoms with van der Waals surface area (Å²) in [4.78, 5) is 18.9. The number of hydrogen-bond donors (Lipinski definition) is 1. The van der Waals surface area contributed by atoms with Gasteiger partial charge in [0, 0.05) is 24.6 Å². The van der Waals surface area contributed by atoms with Crippen molar-refractivity contribution < 1.29 is 0 Å². The van der Waals surface area contributed by atoms with Gasteiger partial charge in [0.25, 0.3) is 0 Å². The van der Waals surface area contributed by atoms with Gasteiger partial charge in [0.1, 0.15) is 0 Å². The van der Waals surface area contributed by atoms with Crippen molar-refractivity contribution >= 4 is 0 Å². The number of H-pyrrole nitrogens is 1. The van der Waals surface area contributed by atoms with Crippen molar-refractivity contribution in [1.29, 1.82) is 0 Å². The molecule has 0 unspecified atom stereocenters. The second-order valence-corrected chi connectivity index (χ2v) is 5.19. The highest BCUT2D eigenvalue weighted by Crippen LogP contribution is 2.31. The van der Waals surface area contributed by atoms with Crippen LogP contribution in [0.2, 0.25) is 0 Å². The molecule has 3 heterocycles. The number of nitrogens with zero attached hydrogens (tertiary/aromatic N) is 4. The first kappa shape index (κ1) is 12.3. The van der Waals surface area contributed by atoms with Gasteiger partial charge in [-0.2, -0.15) is 0 Å². The molecule has 0 aromatic carbocycles. The number of aromatic nitrogens is 4. The molecule has 1 atom stereocenters. The molecule has 19 heavy (non-hydrogen) atoms. The molecule has 1 aliphatic heterocycles. The smallest absolute Gasteiger partial charge is 0.0925 e. The number of imidazole rings is 1. The lowest BCUT2D eigenvalue weighted by molar-refractivity contribution is 0.240. The van der Waals surface area contributed by atoms with Gasteiger partial charge in [-0.3, -0.25) is 14.9 Å². The average molecular weight is 257 g/mol. The van der Waals surface area contributed by atoms with E-state index in [1.54, 1.807) is 12.5 Å². The zero-order chi connectivity index (χ0) is 13.2. The first-order valence-electron chi connectivity index (χ1n) is 6.75. The topological polar surface area (TPSA) is 57.7 Å². The zero-order valence-electron chi connectivity index (χ0n) is 11.4. The van der Waals surface area contributed by atoms with Crippen molar-refractivity contribution in [2.75, 3.05) is 6.54 Å². The highest BCUT2D eigenvalue weighted by molar-refractivity contribution is 5.12. The Bertz CT molecular complexity index is 562. The largest absolute Gasteiger partial charge is 0.348 e. The van der Waals surface area contributed by atoms with Crippen molar-refractivity contribution in [2.24, 2.45) is 0 Å². The molecule has 5 nitrogen and oxygen atoms in total. The van der Waals surface area contributed by atoms with Gasteiger partial charge in [0.05, 0.1) is 29.5 Å². The van der Waals surface area contributed by atoms with Crippen LogP contribution in [0.5, 0.6) is 0 Å². The number of likely N-dealkylation sites (tertiary alicyclic amines) is 1. The van der Waals surface area contributed by atoms with Gasteiger partial charge < -0.3 is 4.98 Å². The summed E-state index contributed by atoms with van der Waals surface area (Å²) in [6, 6.07) is 0.378. The molecule has 0 radical (unpaired) electrons. The number of aryl methyl sites for hydroxylation is 2. The maximum absolute atomic E-state index is 4.62. The van der Waals surface area contributed by atoms with E-state index in [1.807, 2.05) is 13.1 Å². The second kappa shape index (κ2) is 5.09. The molecule has 0 saturated carbocycles. The summed E-state index contributed by atoms with van der Waals surface area (Å²) in [6.45, 7) is 6.05. The minimum Gasteiger partial charge on any atom is -0.348 e. The van der Waals surface area contributed by atoms with Gasteiger partial charge >= 0.3 is 0 Å². The highest BCUT2D eigenvalue weighted by Gasteiger charge is 2.28. The number of nitrogens with one attached hydrogen (secondary N) is 1. The summed E-state index contributed by atoms with van der Waals surface area (Å²) < 4.78 is 0. The first-order valence-corrected chi connectivity index (χ1v) is 6.75. The number of hydrogen-bond acceptors (Lipinski definition) is 4. The third-order valence-electron chi connectivity index (χ3n) is 3.77. The molecule has 5 heteroatoms. The molecule has 100 valence electrons. The minimum atomic E-state index is 0.378. The molecule has 0 aliphatic carbocycles. The van der Waals surface area contributed by atoms with Crippen LogP contribution in [0.1, 0.15) is 41.7 Å². The Hall–Kier alpha value is -1.75. The van der Waals surface area contributed by atoms with Gasteiger partial charge in [0.2, 0.25) is 0 Å². The molecule has 0 amide bonds. The Morgan fingerprint density at radius 2 is 2.26 bits per heavy atom. The third-order valence-corrected chi connectivity index (χ3v) is 3.77. The third kappa shape index (κ3) is 2.51. The van der Waals surface area contributed by atoms with Gasteiger partial charge in [-0.15, -0.1) is 0 Å². The highest BCUT2D eigenvalue weighted by atomic mass is 15.2. The molecule has 1 N–H and O–H groups in total. The molecule has 1 saturated heterocycles. The van der Waals surface area contributed by atoms with Crippen LogP contribution < -0.4 is 0 Å². The van der Waals surface area contributed by atoms with E-state index in [0.717, 1.165) is 42.3 Å². The Morgan fingerprint density at radius 1 is 1.37 bits per heavy atom. The summed E-state index contributed by atoms with van der Waals surface area (Å²) in [5.74, 6) is 0. The minimum absolute atomic E-state index is 0.378. The Labute approximate surface area is 113 Å². The summed E-state index contributed by atoms with van der Waals surface area (Å²) in [6.07, 6.45) is 7.83. The predicted molar refractivity (Wildman–Crippen MR) is 72.5 cm³/mol. The molecule has 0 spiro atoms. The van der Waals surface area contributed by atoms with Crippen LogP contribution in [0, 0.1) is 13.8 Å². The lowest BCUT2D eigenvalue weighted by Crippen LogP contribution is -2.24. The van der Waals surface area contributed by atoms with Gasteiger partial charge in [-0.25, -0.2) is 4.98 Å². The second-order valence-electron chi connectivity index (χ2n) is 5.19. The fourth-order valence-corrected chi connectivity index (χ4v) is 2.73. The maximum Gasteiger partial charge on any atom is 0.0925 e. The zero-order valence-corrected chi connectivity index (χ0v) is 11.4. The fraction of sp³-hybridized carbons (Fsp3) is 0.500. The summed E-state index contributed by atoms with van der Waals surface area (Å²) in [5.41, 5.74) is 4.36. The van der Waals surface area contributed by atoms with Crippen molar-refractivity contribution in [3.05, 3.63) is 41.5 Å². The SMILES string of the molecule is Cc1cncc([C@H]2CCCN2Cc2nc[nH]c2C)n1.